The summed E-state index contributed by atoms with van der Waals surface area (Å²) in [6.07, 6.45) is 2.09. The molecule has 2 N–H and O–H groups in total. The lowest BCUT2D eigenvalue weighted by Crippen LogP contribution is -2.33. The zero-order chi connectivity index (χ0) is 13.3. The number of rotatable bonds is 4. The quantitative estimate of drug-likeness (QED) is 0.852. The number of nitrogens with zero attached hydrogens (tertiary/aromatic N) is 2. The van der Waals surface area contributed by atoms with Gasteiger partial charge >= 0.3 is 0 Å². The fraction of sp³-hybridized carbons (Fsp3) is 0.538. The first kappa shape index (κ1) is 13.4. The molecular formula is C13H21N3OS. The summed E-state index contributed by atoms with van der Waals surface area (Å²) in [6.45, 7) is 4.04. The van der Waals surface area contributed by atoms with Gasteiger partial charge in [0.15, 0.2) is 0 Å². The molecule has 1 aromatic rings. The Morgan fingerprint density at radius 2 is 2.11 bits per heavy atom. The van der Waals surface area contributed by atoms with Crippen molar-refractivity contribution in [2.24, 2.45) is 4.36 Å². The third kappa shape index (κ3) is 2.67. The molecule has 0 heterocycles. The van der Waals surface area contributed by atoms with E-state index in [-0.39, 0.29) is 12.1 Å². The molecule has 1 saturated carbocycles. The van der Waals surface area contributed by atoms with Gasteiger partial charge in [-0.05, 0) is 44.9 Å². The Labute approximate surface area is 109 Å². The maximum absolute atomic E-state index is 13.2. The van der Waals surface area contributed by atoms with Crippen LogP contribution in [-0.2, 0) is 9.92 Å². The summed E-state index contributed by atoms with van der Waals surface area (Å²) in [4.78, 5) is 0.714. The number of nitrogens with two attached hydrogens (primary N) is 1. The van der Waals surface area contributed by atoms with Gasteiger partial charge in [-0.3, -0.25) is 0 Å². The number of anilines is 1. The fourth-order valence-electron chi connectivity index (χ4n) is 1.65. The Morgan fingerprint density at radius 1 is 1.44 bits per heavy atom. The van der Waals surface area contributed by atoms with E-state index in [0.717, 1.165) is 12.8 Å². The lowest BCUT2D eigenvalue weighted by Gasteiger charge is -2.25. The highest BCUT2D eigenvalue weighted by atomic mass is 32.2. The number of nitrogen functional groups attached to an aromatic ring is 1. The standard InChI is InChI=1S/C13H21N3OS/c1-10(2)16(3)18(17,15-12-7-8-12)13-6-4-5-11(14)9-13/h4-6,9-10,12H,7-8,14H2,1-3H3. The van der Waals surface area contributed by atoms with Gasteiger partial charge in [0.2, 0.25) is 0 Å². The van der Waals surface area contributed by atoms with Crippen molar-refractivity contribution in [3.8, 4) is 0 Å². The summed E-state index contributed by atoms with van der Waals surface area (Å²) in [5.74, 6) is 0. The second-order valence-corrected chi connectivity index (χ2v) is 7.30. The SMILES string of the molecule is CC(C)N(C)S(=O)(=NC1CC1)c1cccc(N)c1. The topological polar surface area (TPSA) is 58.7 Å². The summed E-state index contributed by atoms with van der Waals surface area (Å²) in [6, 6.07) is 7.68. The molecule has 100 valence electrons. The number of hydrogen-bond donors (Lipinski definition) is 1. The van der Waals surface area contributed by atoms with Gasteiger partial charge in [-0.25, -0.2) is 12.9 Å². The first-order valence-corrected chi connectivity index (χ1v) is 7.75. The van der Waals surface area contributed by atoms with Gasteiger partial charge in [0.25, 0.3) is 0 Å². The largest absolute Gasteiger partial charge is 0.399 e. The van der Waals surface area contributed by atoms with Crippen LogP contribution >= 0.6 is 0 Å². The van der Waals surface area contributed by atoms with Gasteiger partial charge in [0, 0.05) is 18.8 Å². The molecule has 0 amide bonds. The molecule has 1 atom stereocenters. The van der Waals surface area contributed by atoms with Crippen LogP contribution < -0.4 is 5.73 Å². The maximum atomic E-state index is 13.2. The Morgan fingerprint density at radius 3 is 2.61 bits per heavy atom. The van der Waals surface area contributed by atoms with Crippen LogP contribution in [0.2, 0.25) is 0 Å². The van der Waals surface area contributed by atoms with Gasteiger partial charge in [0.05, 0.1) is 10.9 Å². The molecule has 0 saturated heterocycles. The monoisotopic (exact) mass is 267 g/mol. The minimum absolute atomic E-state index is 0.168. The molecule has 0 bridgehead atoms. The van der Waals surface area contributed by atoms with Gasteiger partial charge in [-0.2, -0.15) is 0 Å². The van der Waals surface area contributed by atoms with Gasteiger partial charge in [-0.15, -0.1) is 0 Å². The zero-order valence-corrected chi connectivity index (χ0v) is 12.0. The van der Waals surface area contributed by atoms with Gasteiger partial charge in [-0.1, -0.05) is 6.07 Å². The average molecular weight is 267 g/mol. The normalized spacial score (nSPS) is 18.9. The molecular weight excluding hydrogens is 246 g/mol. The summed E-state index contributed by atoms with van der Waals surface area (Å²) in [5.41, 5.74) is 6.42. The molecule has 1 fully saturated rings. The first-order chi connectivity index (χ1) is 8.43. The maximum Gasteiger partial charge on any atom is 0.140 e. The molecule has 1 aliphatic rings. The predicted molar refractivity (Wildman–Crippen MR) is 75.6 cm³/mol. The van der Waals surface area contributed by atoms with E-state index >= 15 is 0 Å². The van der Waals surface area contributed by atoms with Crippen molar-refractivity contribution in [3.63, 3.8) is 0 Å². The van der Waals surface area contributed by atoms with Gasteiger partial charge < -0.3 is 5.73 Å². The molecule has 0 radical (unpaired) electrons. The smallest absolute Gasteiger partial charge is 0.140 e. The minimum Gasteiger partial charge on any atom is -0.399 e. The third-order valence-corrected chi connectivity index (χ3v) is 5.78. The van der Waals surface area contributed by atoms with Crippen LogP contribution in [0, 0.1) is 0 Å². The molecule has 0 spiro atoms. The Balaban J connectivity index is 2.52. The zero-order valence-electron chi connectivity index (χ0n) is 11.2. The highest BCUT2D eigenvalue weighted by Gasteiger charge is 2.28. The Bertz CT molecular complexity index is 543. The lowest BCUT2D eigenvalue weighted by atomic mass is 10.3. The third-order valence-electron chi connectivity index (χ3n) is 3.12. The first-order valence-electron chi connectivity index (χ1n) is 6.28. The number of benzene rings is 1. The summed E-state index contributed by atoms with van der Waals surface area (Å²) >= 11 is 0. The number of hydrogen-bond acceptors (Lipinski definition) is 3. The van der Waals surface area contributed by atoms with Crippen molar-refractivity contribution < 1.29 is 4.21 Å². The summed E-state index contributed by atoms with van der Waals surface area (Å²) in [7, 11) is -0.663. The van der Waals surface area contributed by atoms with E-state index in [0.29, 0.717) is 10.6 Å². The van der Waals surface area contributed by atoms with E-state index in [1.807, 2.05) is 37.3 Å². The summed E-state index contributed by atoms with van der Waals surface area (Å²) in [5, 5.41) is 0. The molecule has 1 aromatic carbocycles. The van der Waals surface area contributed by atoms with Crippen molar-refractivity contribution in [2.75, 3.05) is 12.8 Å². The van der Waals surface area contributed by atoms with Crippen LogP contribution in [0.1, 0.15) is 26.7 Å². The van der Waals surface area contributed by atoms with Crippen LogP contribution in [0.25, 0.3) is 0 Å². The lowest BCUT2D eigenvalue weighted by molar-refractivity contribution is 0.436. The van der Waals surface area contributed by atoms with Crippen molar-refractivity contribution in [1.82, 2.24) is 4.31 Å². The fourth-order valence-corrected chi connectivity index (χ4v) is 3.98. The van der Waals surface area contributed by atoms with E-state index in [1.54, 1.807) is 12.1 Å². The van der Waals surface area contributed by atoms with Crippen molar-refractivity contribution in [3.05, 3.63) is 24.3 Å². The molecule has 0 aromatic heterocycles. The van der Waals surface area contributed by atoms with Gasteiger partial charge in [0.1, 0.15) is 9.92 Å². The van der Waals surface area contributed by atoms with E-state index < -0.39 is 9.92 Å². The molecule has 4 nitrogen and oxygen atoms in total. The Hall–Kier alpha value is -1.07. The molecule has 2 rings (SSSR count). The van der Waals surface area contributed by atoms with E-state index in [2.05, 4.69) is 4.36 Å². The van der Waals surface area contributed by atoms with Crippen LogP contribution in [0.5, 0.6) is 0 Å². The van der Waals surface area contributed by atoms with Crippen molar-refractivity contribution in [1.29, 1.82) is 0 Å². The van der Waals surface area contributed by atoms with E-state index in [1.165, 1.54) is 0 Å². The van der Waals surface area contributed by atoms with Crippen molar-refractivity contribution in [2.45, 2.75) is 43.7 Å². The molecule has 1 aliphatic carbocycles. The van der Waals surface area contributed by atoms with Crippen LogP contribution in [0.15, 0.2) is 33.5 Å². The second kappa shape index (κ2) is 4.90. The molecule has 1 unspecified atom stereocenters. The highest BCUT2D eigenvalue weighted by molar-refractivity contribution is 7.91. The molecule has 5 heteroatoms. The van der Waals surface area contributed by atoms with E-state index in [4.69, 9.17) is 5.73 Å². The second-order valence-electron chi connectivity index (χ2n) is 5.05. The van der Waals surface area contributed by atoms with Crippen LogP contribution in [0.4, 0.5) is 5.69 Å². The average Bonchev–Trinajstić information content (AvgIpc) is 3.11. The van der Waals surface area contributed by atoms with Crippen molar-refractivity contribution >= 4 is 15.6 Å². The Kier molecular flexibility index (Phi) is 3.64. The molecule has 0 aliphatic heterocycles. The summed E-state index contributed by atoms with van der Waals surface area (Å²) < 4.78 is 19.6. The highest BCUT2D eigenvalue weighted by Crippen LogP contribution is 2.30. The van der Waals surface area contributed by atoms with E-state index in [9.17, 15) is 4.21 Å². The van der Waals surface area contributed by atoms with Crippen LogP contribution in [-0.4, -0.2) is 27.6 Å². The predicted octanol–water partition coefficient (Wildman–Crippen LogP) is 2.51. The van der Waals surface area contributed by atoms with Crippen LogP contribution in [0.3, 0.4) is 0 Å². The molecule has 18 heavy (non-hydrogen) atoms. The minimum atomic E-state index is -2.53.